The number of nitrogens with zero attached hydrogens (tertiary/aromatic N) is 3. The van der Waals surface area contributed by atoms with Gasteiger partial charge in [0.2, 0.25) is 0 Å². The monoisotopic (exact) mass is 419 g/mol. The van der Waals surface area contributed by atoms with Crippen LogP contribution in [0.5, 0.6) is 5.75 Å². The van der Waals surface area contributed by atoms with E-state index in [-0.39, 0.29) is 17.0 Å². The number of carbonyl (C=O) groups is 1. The molecule has 0 aliphatic heterocycles. The summed E-state index contributed by atoms with van der Waals surface area (Å²) >= 11 is 6.20. The second-order valence-corrected chi connectivity index (χ2v) is 8.51. The first-order chi connectivity index (χ1) is 13.3. The van der Waals surface area contributed by atoms with Crippen molar-refractivity contribution in [3.8, 4) is 17.0 Å². The van der Waals surface area contributed by atoms with Gasteiger partial charge in [-0.15, -0.1) is 0 Å². The smallest absolute Gasteiger partial charge is 0.322 e. The number of rotatable bonds is 6. The zero-order chi connectivity index (χ0) is 20.5. The number of hydrogen-bond acceptors (Lipinski definition) is 5. The average Bonchev–Trinajstić information content (AvgIpc) is 3.14. The molecule has 0 aliphatic rings. The number of carbonyl (C=O) groups excluding carboxylic acids is 1. The van der Waals surface area contributed by atoms with Gasteiger partial charge in [-0.2, -0.15) is 21.9 Å². The van der Waals surface area contributed by atoms with Crippen LogP contribution in [0.3, 0.4) is 0 Å². The molecule has 0 spiro atoms. The van der Waals surface area contributed by atoms with Gasteiger partial charge >= 0.3 is 10.2 Å². The third-order valence-electron chi connectivity index (χ3n) is 4.10. The number of aromatic nitrogens is 2. The SMILES string of the molecule is COc1ccc(-c2nn(S(=O)(=O)N(C)C)cc2C(=O)c2ccccc2)cc1Cl. The predicted molar refractivity (Wildman–Crippen MR) is 107 cm³/mol. The van der Waals surface area contributed by atoms with Crippen molar-refractivity contribution in [3.63, 3.8) is 0 Å². The summed E-state index contributed by atoms with van der Waals surface area (Å²) in [5, 5.41) is 4.51. The quantitative estimate of drug-likeness (QED) is 0.573. The minimum absolute atomic E-state index is 0.151. The standard InChI is InChI=1S/C19H18ClN3O4S/c1-22(2)28(25,26)23-12-15(19(24)13-7-5-4-6-8-13)18(21-23)14-9-10-17(27-3)16(20)11-14/h4-12H,1-3H3. The van der Waals surface area contributed by atoms with E-state index in [0.717, 1.165) is 8.39 Å². The van der Waals surface area contributed by atoms with Crippen molar-refractivity contribution in [3.05, 3.63) is 70.9 Å². The Hall–Kier alpha value is -2.68. The summed E-state index contributed by atoms with van der Waals surface area (Å²) in [6.07, 6.45) is 1.22. The van der Waals surface area contributed by atoms with Gasteiger partial charge in [0.05, 0.1) is 23.9 Å². The van der Waals surface area contributed by atoms with Crippen molar-refractivity contribution < 1.29 is 17.9 Å². The van der Waals surface area contributed by atoms with Crippen molar-refractivity contribution in [1.29, 1.82) is 0 Å². The highest BCUT2D eigenvalue weighted by Crippen LogP contribution is 2.32. The molecule has 3 rings (SSSR count). The Morgan fingerprint density at radius 1 is 1.14 bits per heavy atom. The maximum absolute atomic E-state index is 13.0. The molecule has 2 aromatic carbocycles. The van der Waals surface area contributed by atoms with E-state index < -0.39 is 10.2 Å². The first-order valence-electron chi connectivity index (χ1n) is 8.22. The van der Waals surface area contributed by atoms with Gasteiger partial charge in [-0.25, -0.2) is 0 Å². The number of halogens is 1. The van der Waals surface area contributed by atoms with Crippen LogP contribution in [0.4, 0.5) is 0 Å². The molecule has 0 bridgehead atoms. The van der Waals surface area contributed by atoms with Crippen LogP contribution in [0.2, 0.25) is 5.02 Å². The summed E-state index contributed by atoms with van der Waals surface area (Å²) in [6, 6.07) is 13.5. The van der Waals surface area contributed by atoms with Crippen molar-refractivity contribution in [2.45, 2.75) is 0 Å². The number of ether oxygens (including phenoxy) is 1. The van der Waals surface area contributed by atoms with Crippen LogP contribution in [0.15, 0.2) is 54.7 Å². The van der Waals surface area contributed by atoms with Gasteiger partial charge < -0.3 is 4.74 Å². The van der Waals surface area contributed by atoms with Gasteiger partial charge in [0, 0.05) is 25.2 Å². The Bertz CT molecular complexity index is 1130. The predicted octanol–water partition coefficient (Wildman–Crippen LogP) is 3.10. The van der Waals surface area contributed by atoms with Gasteiger partial charge in [-0.1, -0.05) is 41.9 Å². The molecule has 0 saturated heterocycles. The van der Waals surface area contributed by atoms with Crippen molar-refractivity contribution in [2.75, 3.05) is 21.2 Å². The highest BCUT2D eigenvalue weighted by Gasteiger charge is 2.25. The van der Waals surface area contributed by atoms with E-state index in [1.165, 1.54) is 27.4 Å². The van der Waals surface area contributed by atoms with E-state index in [0.29, 0.717) is 21.9 Å². The zero-order valence-electron chi connectivity index (χ0n) is 15.5. The molecule has 28 heavy (non-hydrogen) atoms. The lowest BCUT2D eigenvalue weighted by atomic mass is 10.0. The van der Waals surface area contributed by atoms with E-state index in [4.69, 9.17) is 16.3 Å². The number of benzene rings is 2. The highest BCUT2D eigenvalue weighted by atomic mass is 35.5. The molecule has 0 N–H and O–H groups in total. The summed E-state index contributed by atoms with van der Waals surface area (Å²) in [4.78, 5) is 13.0. The van der Waals surface area contributed by atoms with Gasteiger partial charge in [-0.05, 0) is 18.2 Å². The fourth-order valence-corrected chi connectivity index (χ4v) is 3.59. The minimum atomic E-state index is -3.90. The Morgan fingerprint density at radius 3 is 2.39 bits per heavy atom. The Morgan fingerprint density at radius 2 is 1.82 bits per heavy atom. The molecular formula is C19H18ClN3O4S. The number of ketones is 1. The molecule has 1 heterocycles. The van der Waals surface area contributed by atoms with Gasteiger partial charge in [0.15, 0.2) is 5.78 Å². The van der Waals surface area contributed by atoms with Gasteiger partial charge in [0.25, 0.3) is 0 Å². The second-order valence-electron chi connectivity index (χ2n) is 6.10. The molecular weight excluding hydrogens is 402 g/mol. The third-order valence-corrected chi connectivity index (χ3v) is 5.97. The van der Waals surface area contributed by atoms with Crippen LogP contribution in [0.1, 0.15) is 15.9 Å². The summed E-state index contributed by atoms with van der Waals surface area (Å²) < 4.78 is 32.0. The summed E-state index contributed by atoms with van der Waals surface area (Å²) in [5.41, 5.74) is 1.28. The molecule has 0 atom stereocenters. The molecule has 0 saturated carbocycles. The molecule has 9 heteroatoms. The van der Waals surface area contributed by atoms with Crippen LogP contribution >= 0.6 is 11.6 Å². The average molecular weight is 420 g/mol. The molecule has 0 amide bonds. The summed E-state index contributed by atoms with van der Waals surface area (Å²) in [6.45, 7) is 0. The van der Waals surface area contributed by atoms with E-state index in [9.17, 15) is 13.2 Å². The normalized spacial score (nSPS) is 11.6. The zero-order valence-corrected chi connectivity index (χ0v) is 17.0. The lowest BCUT2D eigenvalue weighted by Crippen LogP contribution is -2.29. The largest absolute Gasteiger partial charge is 0.495 e. The molecule has 3 aromatic rings. The highest BCUT2D eigenvalue weighted by molar-refractivity contribution is 7.87. The molecule has 146 valence electrons. The number of hydrogen-bond donors (Lipinski definition) is 0. The van der Waals surface area contributed by atoms with Crippen LogP contribution in [-0.2, 0) is 10.2 Å². The van der Waals surface area contributed by atoms with Gasteiger partial charge in [-0.3, -0.25) is 4.79 Å². The van der Waals surface area contributed by atoms with E-state index >= 15 is 0 Å². The second kappa shape index (κ2) is 7.75. The Labute approximate surface area is 168 Å². The lowest BCUT2D eigenvalue weighted by molar-refractivity contribution is 0.103. The maximum Gasteiger partial charge on any atom is 0.322 e. The van der Waals surface area contributed by atoms with Crippen molar-refractivity contribution >= 4 is 27.6 Å². The summed E-state index contributed by atoms with van der Waals surface area (Å²) in [7, 11) is 0.371. The first-order valence-corrected chi connectivity index (χ1v) is 9.99. The van der Waals surface area contributed by atoms with E-state index in [2.05, 4.69) is 5.10 Å². The topological polar surface area (TPSA) is 81.5 Å². The van der Waals surface area contributed by atoms with Crippen LogP contribution in [0, 0.1) is 0 Å². The van der Waals surface area contributed by atoms with E-state index in [1.54, 1.807) is 48.5 Å². The number of methoxy groups -OCH3 is 1. The minimum Gasteiger partial charge on any atom is -0.495 e. The molecule has 0 radical (unpaired) electrons. The van der Waals surface area contributed by atoms with Gasteiger partial charge in [0.1, 0.15) is 11.4 Å². The van der Waals surface area contributed by atoms with Crippen molar-refractivity contribution in [2.24, 2.45) is 0 Å². The molecule has 0 fully saturated rings. The first kappa shape index (κ1) is 20.1. The Balaban J connectivity index is 2.21. The molecule has 0 aliphatic carbocycles. The molecule has 1 aromatic heterocycles. The maximum atomic E-state index is 13.0. The van der Waals surface area contributed by atoms with Crippen LogP contribution < -0.4 is 4.74 Å². The third kappa shape index (κ3) is 3.66. The van der Waals surface area contributed by atoms with Crippen LogP contribution in [0.25, 0.3) is 11.3 Å². The van der Waals surface area contributed by atoms with Crippen molar-refractivity contribution in [1.82, 2.24) is 13.5 Å². The fraction of sp³-hybridized carbons (Fsp3) is 0.158. The van der Waals surface area contributed by atoms with E-state index in [1.807, 2.05) is 0 Å². The lowest BCUT2D eigenvalue weighted by Gasteiger charge is -2.10. The van der Waals surface area contributed by atoms with Crippen LogP contribution in [-0.4, -0.2) is 48.9 Å². The Kier molecular flexibility index (Phi) is 5.55. The summed E-state index contributed by atoms with van der Waals surface area (Å²) in [5.74, 6) is 0.115. The fourth-order valence-electron chi connectivity index (χ4n) is 2.58. The molecule has 7 nitrogen and oxygen atoms in total. The molecule has 0 unspecified atom stereocenters.